The summed E-state index contributed by atoms with van der Waals surface area (Å²) in [6, 6.07) is 0.449. The summed E-state index contributed by atoms with van der Waals surface area (Å²) in [6.07, 6.45) is 9.09. The number of pyridine rings is 1. The zero-order chi connectivity index (χ0) is 14.5. The highest BCUT2D eigenvalue weighted by Crippen LogP contribution is 2.28. The molecule has 2 rings (SSSR count). The van der Waals surface area contributed by atoms with E-state index in [1.807, 2.05) is 6.92 Å². The topological polar surface area (TPSA) is 37.0 Å². The van der Waals surface area contributed by atoms with Gasteiger partial charge in [0.25, 0.3) is 0 Å². The summed E-state index contributed by atoms with van der Waals surface area (Å²) >= 11 is 17.5. The molecule has 1 heterocycles. The first kappa shape index (κ1) is 15.8. The summed E-state index contributed by atoms with van der Waals surface area (Å²) in [4.78, 5) is 4.19. The van der Waals surface area contributed by atoms with Crippen LogP contribution in [0.4, 0.5) is 5.82 Å². The number of aromatic nitrogens is 1. The van der Waals surface area contributed by atoms with Crippen molar-refractivity contribution in [3.05, 3.63) is 21.8 Å². The molecule has 1 fully saturated rings. The normalized spacial score (nSPS) is 16.6. The monoisotopic (exact) mass is 331 g/mol. The Balaban J connectivity index is 1.95. The third-order valence-corrected chi connectivity index (χ3v) is 4.69. The zero-order valence-corrected chi connectivity index (χ0v) is 13.8. The molecule has 110 valence electrons. The molecule has 0 radical (unpaired) electrons. The first-order chi connectivity index (χ1) is 9.58. The molecule has 0 bridgehead atoms. The molecule has 0 spiro atoms. The van der Waals surface area contributed by atoms with Crippen LogP contribution in [0.15, 0.2) is 6.20 Å². The van der Waals surface area contributed by atoms with Crippen molar-refractivity contribution in [1.82, 2.24) is 10.3 Å². The van der Waals surface area contributed by atoms with Crippen LogP contribution in [-0.2, 0) is 0 Å². The molecule has 0 saturated heterocycles. The maximum atomic E-state index is 6.21. The zero-order valence-electron chi connectivity index (χ0n) is 11.5. The molecule has 0 amide bonds. The summed E-state index contributed by atoms with van der Waals surface area (Å²) in [6.45, 7) is 1.86. The Hall–Kier alpha value is -0.580. The number of thiocarbonyl (C=S) groups is 1. The molecule has 0 unspecified atom stereocenters. The molecule has 3 nitrogen and oxygen atoms in total. The highest BCUT2D eigenvalue weighted by atomic mass is 35.5. The Morgan fingerprint density at radius 2 is 1.90 bits per heavy atom. The lowest BCUT2D eigenvalue weighted by molar-refractivity contribution is 0.535. The van der Waals surface area contributed by atoms with Crippen molar-refractivity contribution in [3.63, 3.8) is 0 Å². The van der Waals surface area contributed by atoms with Crippen LogP contribution < -0.4 is 10.6 Å². The molecule has 1 saturated carbocycles. The lowest BCUT2D eigenvalue weighted by Gasteiger charge is -2.19. The van der Waals surface area contributed by atoms with E-state index >= 15 is 0 Å². The highest BCUT2D eigenvalue weighted by Gasteiger charge is 2.14. The van der Waals surface area contributed by atoms with E-state index in [1.165, 1.54) is 38.5 Å². The molecule has 2 N–H and O–H groups in total. The summed E-state index contributed by atoms with van der Waals surface area (Å²) in [5.74, 6) is 0.555. The van der Waals surface area contributed by atoms with E-state index in [0.717, 1.165) is 5.56 Å². The smallest absolute Gasteiger partial charge is 0.172 e. The minimum Gasteiger partial charge on any atom is -0.360 e. The standard InChI is InChI=1S/C14H19Cl2N3S/c1-9-11(15)8-17-13(12(9)16)19-14(20)18-10-6-4-2-3-5-7-10/h8,10H,2-7H2,1H3,(H2,17,18,19,20). The van der Waals surface area contributed by atoms with Gasteiger partial charge in [-0.15, -0.1) is 0 Å². The molecule has 0 aliphatic heterocycles. The van der Waals surface area contributed by atoms with E-state index in [4.69, 9.17) is 35.4 Å². The molecule has 0 aromatic carbocycles. The first-order valence-corrected chi connectivity index (χ1v) is 8.12. The predicted octanol–water partition coefficient (Wildman–Crippen LogP) is 4.71. The Morgan fingerprint density at radius 1 is 1.25 bits per heavy atom. The van der Waals surface area contributed by atoms with Crippen LogP contribution in [0.2, 0.25) is 10.0 Å². The summed E-state index contributed by atoms with van der Waals surface area (Å²) in [5, 5.41) is 8.07. The van der Waals surface area contributed by atoms with E-state index in [-0.39, 0.29) is 0 Å². The van der Waals surface area contributed by atoms with Gasteiger partial charge in [0.05, 0.1) is 10.0 Å². The van der Waals surface area contributed by atoms with E-state index in [9.17, 15) is 0 Å². The van der Waals surface area contributed by atoms with E-state index < -0.39 is 0 Å². The van der Waals surface area contributed by atoms with Gasteiger partial charge in [-0.25, -0.2) is 4.98 Å². The summed E-state index contributed by atoms with van der Waals surface area (Å²) < 4.78 is 0. The largest absolute Gasteiger partial charge is 0.360 e. The molecule has 1 aliphatic rings. The van der Waals surface area contributed by atoms with Crippen molar-refractivity contribution < 1.29 is 0 Å². The molecule has 20 heavy (non-hydrogen) atoms. The number of hydrogen-bond donors (Lipinski definition) is 2. The van der Waals surface area contributed by atoms with E-state index in [2.05, 4.69) is 15.6 Å². The third kappa shape index (κ3) is 4.21. The van der Waals surface area contributed by atoms with Gasteiger partial charge in [0.1, 0.15) is 0 Å². The number of rotatable bonds is 2. The first-order valence-electron chi connectivity index (χ1n) is 6.96. The van der Waals surface area contributed by atoms with Crippen LogP contribution in [-0.4, -0.2) is 16.1 Å². The minimum absolute atomic E-state index is 0.449. The average Bonchev–Trinajstić information content (AvgIpc) is 2.68. The van der Waals surface area contributed by atoms with Gasteiger partial charge in [0.2, 0.25) is 0 Å². The SMILES string of the molecule is Cc1c(Cl)cnc(NC(=S)NC2CCCCCC2)c1Cl. The molecule has 1 aliphatic carbocycles. The van der Waals surface area contributed by atoms with Gasteiger partial charge >= 0.3 is 0 Å². The van der Waals surface area contributed by atoms with Crippen LogP contribution in [0.3, 0.4) is 0 Å². The fourth-order valence-corrected chi connectivity index (χ4v) is 3.05. The highest BCUT2D eigenvalue weighted by molar-refractivity contribution is 7.80. The van der Waals surface area contributed by atoms with Gasteiger partial charge in [-0.2, -0.15) is 0 Å². The molecular formula is C14H19Cl2N3S. The Labute approximate surface area is 135 Å². The number of halogens is 2. The number of nitrogens with one attached hydrogen (secondary N) is 2. The maximum Gasteiger partial charge on any atom is 0.172 e. The van der Waals surface area contributed by atoms with Crippen molar-refractivity contribution >= 4 is 46.4 Å². The second-order valence-electron chi connectivity index (χ2n) is 5.18. The lowest BCUT2D eigenvalue weighted by atomic mass is 10.1. The van der Waals surface area contributed by atoms with Crippen molar-refractivity contribution in [3.8, 4) is 0 Å². The molecule has 0 atom stereocenters. The van der Waals surface area contributed by atoms with E-state index in [1.54, 1.807) is 6.20 Å². The van der Waals surface area contributed by atoms with Crippen molar-refractivity contribution in [2.45, 2.75) is 51.5 Å². The average molecular weight is 332 g/mol. The van der Waals surface area contributed by atoms with Crippen LogP contribution >= 0.6 is 35.4 Å². The molecule has 6 heteroatoms. The van der Waals surface area contributed by atoms with Crippen LogP contribution in [0, 0.1) is 6.92 Å². The van der Waals surface area contributed by atoms with Gasteiger partial charge in [0.15, 0.2) is 10.9 Å². The van der Waals surface area contributed by atoms with Gasteiger partial charge in [-0.05, 0) is 37.5 Å². The Bertz CT molecular complexity index is 486. The van der Waals surface area contributed by atoms with Gasteiger partial charge in [-0.3, -0.25) is 0 Å². The third-order valence-electron chi connectivity index (χ3n) is 3.62. The second kappa shape index (κ2) is 7.43. The Kier molecular flexibility index (Phi) is 5.87. The maximum absolute atomic E-state index is 6.21. The Morgan fingerprint density at radius 3 is 2.55 bits per heavy atom. The van der Waals surface area contributed by atoms with Crippen molar-refractivity contribution in [2.75, 3.05) is 5.32 Å². The summed E-state index contributed by atoms with van der Waals surface area (Å²) in [7, 11) is 0. The quantitative estimate of drug-likeness (QED) is 0.608. The van der Waals surface area contributed by atoms with Gasteiger partial charge in [-0.1, -0.05) is 48.9 Å². The fourth-order valence-electron chi connectivity index (χ4n) is 2.40. The van der Waals surface area contributed by atoms with Crippen molar-refractivity contribution in [1.29, 1.82) is 0 Å². The lowest BCUT2D eigenvalue weighted by Crippen LogP contribution is -2.37. The molecule has 1 aromatic rings. The number of nitrogens with zero attached hydrogens (tertiary/aromatic N) is 1. The number of anilines is 1. The minimum atomic E-state index is 0.449. The van der Waals surface area contributed by atoms with Crippen LogP contribution in [0.5, 0.6) is 0 Å². The van der Waals surface area contributed by atoms with Crippen LogP contribution in [0.1, 0.15) is 44.1 Å². The predicted molar refractivity (Wildman–Crippen MR) is 89.8 cm³/mol. The van der Waals surface area contributed by atoms with Crippen molar-refractivity contribution in [2.24, 2.45) is 0 Å². The van der Waals surface area contributed by atoms with Crippen LogP contribution in [0.25, 0.3) is 0 Å². The van der Waals surface area contributed by atoms with E-state index in [0.29, 0.717) is 27.0 Å². The number of hydrogen-bond acceptors (Lipinski definition) is 2. The summed E-state index contributed by atoms with van der Waals surface area (Å²) in [5.41, 5.74) is 0.808. The van der Waals surface area contributed by atoms with Gasteiger partial charge in [0, 0.05) is 12.2 Å². The molecular weight excluding hydrogens is 313 g/mol. The molecule has 1 aromatic heterocycles. The second-order valence-corrected chi connectivity index (χ2v) is 6.37. The fraction of sp³-hybridized carbons (Fsp3) is 0.571. The van der Waals surface area contributed by atoms with Gasteiger partial charge < -0.3 is 10.6 Å².